The second-order valence-electron chi connectivity index (χ2n) is 9.04. The zero-order valence-corrected chi connectivity index (χ0v) is 19.9. The van der Waals surface area contributed by atoms with E-state index in [-0.39, 0.29) is 23.1 Å². The molecule has 1 aliphatic heterocycles. The van der Waals surface area contributed by atoms with Gasteiger partial charge in [-0.2, -0.15) is 0 Å². The fourth-order valence-electron chi connectivity index (χ4n) is 4.57. The first-order valence-corrected chi connectivity index (χ1v) is 11.8. The Balaban J connectivity index is 1.19. The molecule has 0 radical (unpaired) electrons. The highest BCUT2D eigenvalue weighted by molar-refractivity contribution is 6.04. The molecule has 2 amide bonds. The quantitative estimate of drug-likeness (QED) is 0.286. The van der Waals surface area contributed by atoms with E-state index in [4.69, 9.17) is 4.42 Å². The van der Waals surface area contributed by atoms with Gasteiger partial charge in [-0.1, -0.05) is 12.1 Å². The van der Waals surface area contributed by atoms with E-state index in [1.165, 1.54) is 0 Å². The van der Waals surface area contributed by atoms with Gasteiger partial charge in [0.15, 0.2) is 11.3 Å². The number of non-ortho nitro benzene ring substituents is 1. The second-order valence-corrected chi connectivity index (χ2v) is 9.04. The lowest BCUT2D eigenvalue weighted by atomic mass is 9.89. The molecule has 1 fully saturated rings. The number of aryl methyl sites for hydroxylation is 1. The van der Waals surface area contributed by atoms with Crippen molar-refractivity contribution >= 4 is 34.3 Å². The van der Waals surface area contributed by atoms with Crippen molar-refractivity contribution in [3.05, 3.63) is 99.2 Å². The highest BCUT2D eigenvalue weighted by atomic mass is 19.1. The molecular formula is C27H23FN4O5. The molecule has 1 saturated heterocycles. The van der Waals surface area contributed by atoms with Gasteiger partial charge in [-0.15, -0.1) is 0 Å². The largest absolute Gasteiger partial charge is 0.449 e. The standard InChI is InChI=1S/C27H23FN4O5/c1-16-2-7-24-23(29-16)15-25(37-24)26(33)30-21-5-3-17(4-6-21)18-8-10-31(11-9-18)27(34)19-12-20(28)14-22(13-19)32(35)36/h2-7,12-15,18H,8-11H2,1H3,(H,30,33). The van der Waals surface area contributed by atoms with E-state index >= 15 is 0 Å². The first kappa shape index (κ1) is 24.1. The number of carbonyl (C=O) groups is 2. The molecule has 0 unspecified atom stereocenters. The number of benzene rings is 2. The van der Waals surface area contributed by atoms with E-state index in [1.54, 1.807) is 17.0 Å². The van der Waals surface area contributed by atoms with Gasteiger partial charge in [0.2, 0.25) is 0 Å². The molecule has 0 atom stereocenters. The average molecular weight is 503 g/mol. The van der Waals surface area contributed by atoms with Crippen molar-refractivity contribution in [2.75, 3.05) is 18.4 Å². The fraction of sp³-hybridized carbons (Fsp3) is 0.222. The van der Waals surface area contributed by atoms with Gasteiger partial charge in [-0.25, -0.2) is 9.37 Å². The van der Waals surface area contributed by atoms with E-state index in [0.717, 1.165) is 29.5 Å². The molecule has 37 heavy (non-hydrogen) atoms. The van der Waals surface area contributed by atoms with Gasteiger partial charge >= 0.3 is 0 Å². The summed E-state index contributed by atoms with van der Waals surface area (Å²) < 4.78 is 19.4. The van der Waals surface area contributed by atoms with Crippen molar-refractivity contribution in [2.24, 2.45) is 0 Å². The summed E-state index contributed by atoms with van der Waals surface area (Å²) >= 11 is 0. The smallest absolute Gasteiger partial charge is 0.291 e. The number of nitro benzene ring substituents is 1. The number of amides is 2. The van der Waals surface area contributed by atoms with Gasteiger partial charge in [0.05, 0.1) is 11.0 Å². The van der Waals surface area contributed by atoms with Crippen molar-refractivity contribution < 1.29 is 23.3 Å². The molecule has 5 rings (SSSR count). The molecule has 1 aliphatic rings. The van der Waals surface area contributed by atoms with Crippen molar-refractivity contribution in [1.82, 2.24) is 9.88 Å². The number of nitro groups is 1. The summed E-state index contributed by atoms with van der Waals surface area (Å²) in [7, 11) is 0. The minimum absolute atomic E-state index is 0.0272. The molecule has 3 heterocycles. The summed E-state index contributed by atoms with van der Waals surface area (Å²) in [6, 6.07) is 15.7. The lowest BCUT2D eigenvalue weighted by Crippen LogP contribution is -2.38. The van der Waals surface area contributed by atoms with E-state index < -0.39 is 22.3 Å². The number of fused-ring (bicyclic) bond motifs is 1. The van der Waals surface area contributed by atoms with Crippen LogP contribution in [0.4, 0.5) is 15.8 Å². The summed E-state index contributed by atoms with van der Waals surface area (Å²) in [6.45, 7) is 2.77. The second kappa shape index (κ2) is 9.81. The van der Waals surface area contributed by atoms with E-state index in [9.17, 15) is 24.1 Å². The first-order chi connectivity index (χ1) is 17.8. The number of halogens is 1. The molecule has 1 N–H and O–H groups in total. The molecular weight excluding hydrogens is 479 g/mol. The number of carbonyl (C=O) groups excluding carboxylic acids is 2. The van der Waals surface area contributed by atoms with Crippen molar-refractivity contribution in [1.29, 1.82) is 0 Å². The highest BCUT2D eigenvalue weighted by Gasteiger charge is 2.26. The molecule has 10 heteroatoms. The Bertz CT molecular complexity index is 1510. The normalized spacial score (nSPS) is 14.1. The molecule has 9 nitrogen and oxygen atoms in total. The van der Waals surface area contributed by atoms with E-state index in [2.05, 4.69) is 10.3 Å². The third kappa shape index (κ3) is 5.18. The number of likely N-dealkylation sites (tertiary alicyclic amines) is 1. The topological polar surface area (TPSA) is 119 Å². The van der Waals surface area contributed by atoms with Crippen LogP contribution in [-0.4, -0.2) is 39.7 Å². The number of furan rings is 1. The van der Waals surface area contributed by atoms with Crippen molar-refractivity contribution in [3.8, 4) is 0 Å². The van der Waals surface area contributed by atoms with Gasteiger partial charge in [0.1, 0.15) is 11.3 Å². The Hall–Kier alpha value is -4.60. The number of nitrogens with one attached hydrogen (secondary N) is 1. The Labute approximate surface area is 211 Å². The van der Waals surface area contributed by atoms with Crippen LogP contribution in [0.5, 0.6) is 0 Å². The molecule has 4 aromatic rings. The molecule has 0 spiro atoms. The number of anilines is 1. The van der Waals surface area contributed by atoms with Crippen LogP contribution in [0.2, 0.25) is 0 Å². The highest BCUT2D eigenvalue weighted by Crippen LogP contribution is 2.30. The van der Waals surface area contributed by atoms with Crippen LogP contribution in [0, 0.1) is 22.9 Å². The molecule has 2 aromatic carbocycles. The zero-order chi connectivity index (χ0) is 26.1. The summed E-state index contributed by atoms with van der Waals surface area (Å²) in [6.07, 6.45) is 1.39. The molecule has 0 bridgehead atoms. The number of piperidine rings is 1. The summed E-state index contributed by atoms with van der Waals surface area (Å²) in [5.74, 6) is -1.22. The van der Waals surface area contributed by atoms with Crippen LogP contribution in [0.15, 0.2) is 65.1 Å². The van der Waals surface area contributed by atoms with Crippen molar-refractivity contribution in [2.45, 2.75) is 25.7 Å². The lowest BCUT2D eigenvalue weighted by Gasteiger charge is -2.32. The van der Waals surface area contributed by atoms with Crippen LogP contribution >= 0.6 is 0 Å². The van der Waals surface area contributed by atoms with E-state index in [1.807, 2.05) is 37.3 Å². The van der Waals surface area contributed by atoms with Gasteiger partial charge in [-0.3, -0.25) is 19.7 Å². The summed E-state index contributed by atoms with van der Waals surface area (Å²) in [5, 5.41) is 13.8. The average Bonchev–Trinajstić information content (AvgIpc) is 3.32. The Morgan fingerprint density at radius 3 is 2.51 bits per heavy atom. The number of pyridine rings is 1. The molecule has 188 valence electrons. The van der Waals surface area contributed by atoms with E-state index in [0.29, 0.717) is 42.7 Å². The maximum atomic E-state index is 13.8. The maximum Gasteiger partial charge on any atom is 0.291 e. The maximum absolute atomic E-state index is 13.8. The SMILES string of the molecule is Cc1ccc2oc(C(=O)Nc3ccc(C4CCN(C(=O)c5cc(F)cc([N+](=O)[O-])c5)CC4)cc3)cc2n1. The molecule has 0 aliphatic carbocycles. The Morgan fingerprint density at radius 1 is 1.08 bits per heavy atom. The monoisotopic (exact) mass is 502 g/mol. The number of hydrogen-bond acceptors (Lipinski definition) is 6. The summed E-state index contributed by atoms with van der Waals surface area (Å²) in [5.41, 5.74) is 3.24. The van der Waals surface area contributed by atoms with Crippen LogP contribution in [-0.2, 0) is 0 Å². The van der Waals surface area contributed by atoms with Crippen LogP contribution in [0.1, 0.15) is 50.9 Å². The number of rotatable bonds is 5. The van der Waals surface area contributed by atoms with Crippen LogP contribution in [0.3, 0.4) is 0 Å². The third-order valence-electron chi connectivity index (χ3n) is 6.50. The van der Waals surface area contributed by atoms with Crippen LogP contribution in [0.25, 0.3) is 11.1 Å². The number of aromatic nitrogens is 1. The minimum Gasteiger partial charge on any atom is -0.449 e. The first-order valence-electron chi connectivity index (χ1n) is 11.8. The van der Waals surface area contributed by atoms with Crippen LogP contribution < -0.4 is 5.32 Å². The lowest BCUT2D eigenvalue weighted by molar-refractivity contribution is -0.385. The molecule has 2 aromatic heterocycles. The zero-order valence-electron chi connectivity index (χ0n) is 19.9. The van der Waals surface area contributed by atoms with Gasteiger partial charge in [0, 0.05) is 42.2 Å². The van der Waals surface area contributed by atoms with Gasteiger partial charge in [-0.05, 0) is 61.6 Å². The van der Waals surface area contributed by atoms with Gasteiger partial charge in [0.25, 0.3) is 17.5 Å². The third-order valence-corrected chi connectivity index (χ3v) is 6.50. The summed E-state index contributed by atoms with van der Waals surface area (Å²) in [4.78, 5) is 41.6. The Morgan fingerprint density at radius 2 is 1.81 bits per heavy atom. The minimum atomic E-state index is -0.813. The molecule has 0 saturated carbocycles. The predicted octanol–water partition coefficient (Wildman–Crippen LogP) is 5.46. The van der Waals surface area contributed by atoms with Gasteiger partial charge < -0.3 is 14.6 Å². The van der Waals surface area contributed by atoms with Crippen molar-refractivity contribution in [3.63, 3.8) is 0 Å². The fourth-order valence-corrected chi connectivity index (χ4v) is 4.57. The Kier molecular flexibility index (Phi) is 6.39. The predicted molar refractivity (Wildman–Crippen MR) is 134 cm³/mol. The number of hydrogen-bond donors (Lipinski definition) is 1. The number of nitrogens with zero attached hydrogens (tertiary/aromatic N) is 3.